The van der Waals surface area contributed by atoms with E-state index in [0.717, 1.165) is 31.5 Å². The molecule has 0 saturated carbocycles. The van der Waals surface area contributed by atoms with Crippen LogP contribution in [-0.2, 0) is 0 Å². The second kappa shape index (κ2) is 6.72. The standard InChI is InChI=1S/C18H20FNO/c19-16-7-4-8-17(13-16)21-18(14-5-2-1-3-6-14)15-9-11-20-12-10-15/h1-8,13,15,18,20H,9-12H2/t18-/m1/s1. The lowest BCUT2D eigenvalue weighted by molar-refractivity contribution is 0.112. The molecule has 3 rings (SSSR count). The molecule has 0 amide bonds. The van der Waals surface area contributed by atoms with Crippen molar-refractivity contribution in [2.75, 3.05) is 13.1 Å². The number of rotatable bonds is 4. The van der Waals surface area contributed by atoms with Gasteiger partial charge in [-0.2, -0.15) is 0 Å². The van der Waals surface area contributed by atoms with Crippen molar-refractivity contribution in [3.63, 3.8) is 0 Å². The molecule has 1 saturated heterocycles. The van der Waals surface area contributed by atoms with Gasteiger partial charge in [-0.25, -0.2) is 4.39 Å². The molecule has 0 radical (unpaired) electrons. The van der Waals surface area contributed by atoms with E-state index in [0.29, 0.717) is 11.7 Å². The number of ether oxygens (including phenoxy) is 1. The summed E-state index contributed by atoms with van der Waals surface area (Å²) in [5.74, 6) is 0.795. The second-order valence-corrected chi connectivity index (χ2v) is 5.49. The third kappa shape index (κ3) is 3.61. The normalized spacial score (nSPS) is 17.4. The highest BCUT2D eigenvalue weighted by molar-refractivity contribution is 5.26. The Morgan fingerprint density at radius 1 is 1.00 bits per heavy atom. The first-order valence-electron chi connectivity index (χ1n) is 7.51. The quantitative estimate of drug-likeness (QED) is 0.918. The third-order valence-corrected chi connectivity index (χ3v) is 4.00. The van der Waals surface area contributed by atoms with Crippen LogP contribution < -0.4 is 10.1 Å². The molecule has 1 fully saturated rings. The van der Waals surface area contributed by atoms with E-state index in [9.17, 15) is 4.39 Å². The summed E-state index contributed by atoms with van der Waals surface area (Å²) >= 11 is 0. The average molecular weight is 285 g/mol. The summed E-state index contributed by atoms with van der Waals surface area (Å²) in [7, 11) is 0. The van der Waals surface area contributed by atoms with E-state index in [1.165, 1.54) is 12.1 Å². The van der Waals surface area contributed by atoms with Crippen molar-refractivity contribution < 1.29 is 9.13 Å². The maximum Gasteiger partial charge on any atom is 0.127 e. The van der Waals surface area contributed by atoms with Crippen LogP contribution in [0.1, 0.15) is 24.5 Å². The first-order chi connectivity index (χ1) is 10.3. The molecule has 1 heterocycles. The number of piperidine rings is 1. The van der Waals surface area contributed by atoms with E-state index in [-0.39, 0.29) is 11.9 Å². The molecular formula is C18H20FNO. The summed E-state index contributed by atoms with van der Waals surface area (Å²) in [6.07, 6.45) is 2.14. The van der Waals surface area contributed by atoms with Gasteiger partial charge in [0.1, 0.15) is 17.7 Å². The van der Waals surface area contributed by atoms with Gasteiger partial charge in [0.2, 0.25) is 0 Å². The molecule has 0 unspecified atom stereocenters. The molecule has 1 aliphatic heterocycles. The summed E-state index contributed by atoms with van der Waals surface area (Å²) in [6, 6.07) is 16.6. The van der Waals surface area contributed by atoms with E-state index < -0.39 is 0 Å². The van der Waals surface area contributed by atoms with Gasteiger partial charge >= 0.3 is 0 Å². The van der Waals surface area contributed by atoms with Gasteiger partial charge in [-0.15, -0.1) is 0 Å². The molecule has 0 aliphatic carbocycles. The van der Waals surface area contributed by atoms with Crippen molar-refractivity contribution in [2.45, 2.75) is 18.9 Å². The summed E-state index contributed by atoms with van der Waals surface area (Å²) in [5, 5.41) is 3.38. The largest absolute Gasteiger partial charge is 0.485 e. The monoisotopic (exact) mass is 285 g/mol. The van der Waals surface area contributed by atoms with Crippen molar-refractivity contribution in [1.29, 1.82) is 0 Å². The highest BCUT2D eigenvalue weighted by atomic mass is 19.1. The third-order valence-electron chi connectivity index (χ3n) is 4.00. The Kier molecular flexibility index (Phi) is 4.51. The number of hydrogen-bond acceptors (Lipinski definition) is 2. The smallest absolute Gasteiger partial charge is 0.127 e. The zero-order valence-corrected chi connectivity index (χ0v) is 12.0. The van der Waals surface area contributed by atoms with Crippen LogP contribution in [0.2, 0.25) is 0 Å². The highest BCUT2D eigenvalue weighted by Gasteiger charge is 2.26. The maximum atomic E-state index is 13.4. The fourth-order valence-corrected chi connectivity index (χ4v) is 2.91. The Hall–Kier alpha value is -1.87. The molecule has 0 spiro atoms. The van der Waals surface area contributed by atoms with Crippen molar-refractivity contribution >= 4 is 0 Å². The molecule has 2 aromatic rings. The van der Waals surface area contributed by atoms with Crippen molar-refractivity contribution in [3.05, 3.63) is 66.0 Å². The van der Waals surface area contributed by atoms with Crippen LogP contribution in [0.3, 0.4) is 0 Å². The molecule has 2 nitrogen and oxygen atoms in total. The van der Waals surface area contributed by atoms with Crippen molar-refractivity contribution in [1.82, 2.24) is 5.32 Å². The molecule has 21 heavy (non-hydrogen) atoms. The molecule has 1 aliphatic rings. The average Bonchev–Trinajstić information content (AvgIpc) is 2.54. The predicted octanol–water partition coefficient (Wildman–Crippen LogP) is 3.95. The Bertz CT molecular complexity index is 566. The summed E-state index contributed by atoms with van der Waals surface area (Å²) in [5.41, 5.74) is 1.16. The highest BCUT2D eigenvalue weighted by Crippen LogP contribution is 2.33. The number of halogens is 1. The van der Waals surface area contributed by atoms with E-state index in [4.69, 9.17) is 4.74 Å². The molecule has 0 bridgehead atoms. The molecule has 0 aromatic heterocycles. The van der Waals surface area contributed by atoms with Gasteiger partial charge in [-0.1, -0.05) is 36.4 Å². The Labute approximate surface area is 125 Å². The lowest BCUT2D eigenvalue weighted by Crippen LogP contribution is -2.32. The SMILES string of the molecule is Fc1cccc(O[C@H](c2ccccc2)C2CCNCC2)c1. The van der Waals surface area contributed by atoms with Gasteiger partial charge in [0.05, 0.1) is 0 Å². The minimum atomic E-state index is -0.260. The van der Waals surface area contributed by atoms with E-state index in [2.05, 4.69) is 17.4 Å². The Balaban J connectivity index is 1.85. The molecule has 2 aromatic carbocycles. The van der Waals surface area contributed by atoms with E-state index >= 15 is 0 Å². The van der Waals surface area contributed by atoms with E-state index in [1.807, 2.05) is 24.3 Å². The zero-order chi connectivity index (χ0) is 14.5. The fraction of sp³-hybridized carbons (Fsp3) is 0.333. The minimum Gasteiger partial charge on any atom is -0.485 e. The number of hydrogen-bond donors (Lipinski definition) is 1. The van der Waals surface area contributed by atoms with Gasteiger partial charge in [0, 0.05) is 12.0 Å². The number of benzene rings is 2. The van der Waals surface area contributed by atoms with Gasteiger partial charge < -0.3 is 10.1 Å². The Morgan fingerprint density at radius 3 is 2.48 bits per heavy atom. The topological polar surface area (TPSA) is 21.3 Å². The van der Waals surface area contributed by atoms with Gasteiger partial charge in [0.25, 0.3) is 0 Å². The first-order valence-corrected chi connectivity index (χ1v) is 7.51. The summed E-state index contributed by atoms with van der Waals surface area (Å²) < 4.78 is 19.5. The van der Waals surface area contributed by atoms with Gasteiger partial charge in [0.15, 0.2) is 0 Å². The molecule has 1 atom stereocenters. The molecular weight excluding hydrogens is 265 g/mol. The maximum absolute atomic E-state index is 13.4. The van der Waals surface area contributed by atoms with Crippen molar-refractivity contribution in [3.8, 4) is 5.75 Å². The Morgan fingerprint density at radius 2 is 1.76 bits per heavy atom. The zero-order valence-electron chi connectivity index (χ0n) is 12.0. The lowest BCUT2D eigenvalue weighted by atomic mass is 9.88. The van der Waals surface area contributed by atoms with Crippen LogP contribution in [0, 0.1) is 11.7 Å². The molecule has 3 heteroatoms. The summed E-state index contributed by atoms with van der Waals surface area (Å²) in [6.45, 7) is 2.03. The minimum absolute atomic E-state index is 0.0184. The molecule has 110 valence electrons. The van der Waals surface area contributed by atoms with E-state index in [1.54, 1.807) is 6.07 Å². The van der Waals surface area contributed by atoms with Crippen LogP contribution in [-0.4, -0.2) is 13.1 Å². The van der Waals surface area contributed by atoms with Crippen LogP contribution in [0.15, 0.2) is 54.6 Å². The van der Waals surface area contributed by atoms with Crippen LogP contribution in [0.5, 0.6) is 5.75 Å². The summed E-state index contributed by atoms with van der Waals surface area (Å²) in [4.78, 5) is 0. The predicted molar refractivity (Wildman–Crippen MR) is 81.8 cm³/mol. The van der Waals surface area contributed by atoms with Crippen LogP contribution in [0.4, 0.5) is 4.39 Å². The van der Waals surface area contributed by atoms with Crippen molar-refractivity contribution in [2.24, 2.45) is 5.92 Å². The van der Waals surface area contributed by atoms with Crippen LogP contribution >= 0.6 is 0 Å². The lowest BCUT2D eigenvalue weighted by Gasteiger charge is -2.31. The van der Waals surface area contributed by atoms with Crippen LogP contribution in [0.25, 0.3) is 0 Å². The van der Waals surface area contributed by atoms with Gasteiger partial charge in [-0.3, -0.25) is 0 Å². The first kappa shape index (κ1) is 14.1. The fourth-order valence-electron chi connectivity index (χ4n) is 2.91. The number of nitrogens with one attached hydrogen (secondary N) is 1. The van der Waals surface area contributed by atoms with Gasteiger partial charge in [-0.05, 0) is 43.6 Å². The molecule has 1 N–H and O–H groups in total. The second-order valence-electron chi connectivity index (χ2n) is 5.49.